The maximum absolute atomic E-state index is 12.3. The van der Waals surface area contributed by atoms with Crippen molar-refractivity contribution in [2.75, 3.05) is 0 Å². The first-order valence-electron chi connectivity index (χ1n) is 5.46. The number of carbonyl (C=O) groups excluding carboxylic acids is 1. The Bertz CT molecular complexity index is 553. The fourth-order valence-electron chi connectivity index (χ4n) is 3.81. The van der Waals surface area contributed by atoms with Gasteiger partial charge in [-0.15, -0.1) is 0 Å². The first-order valence-corrected chi connectivity index (χ1v) is 6.25. The van der Waals surface area contributed by atoms with Gasteiger partial charge in [0.15, 0.2) is 11.4 Å². The molecule has 4 unspecified atom stereocenters. The van der Waals surface area contributed by atoms with E-state index >= 15 is 0 Å². The molecule has 7 aliphatic rings. The molecule has 5 aliphatic heterocycles. The van der Waals surface area contributed by atoms with Crippen molar-refractivity contribution in [2.45, 2.75) is 25.0 Å². The maximum Gasteiger partial charge on any atom is 0.256 e. The number of hydroxylamine groups is 2. The number of carbonyl (C=O) groups is 1. The van der Waals surface area contributed by atoms with Crippen molar-refractivity contribution < 1.29 is 14.4 Å². The van der Waals surface area contributed by atoms with Crippen molar-refractivity contribution in [3.63, 3.8) is 0 Å². The molecule has 4 bridgehead atoms. The molecular formula is C11H8BrNO3. The highest BCUT2D eigenvalue weighted by molar-refractivity contribution is 9.12. The summed E-state index contributed by atoms with van der Waals surface area (Å²) in [5, 5.41) is 1.53. The van der Waals surface area contributed by atoms with E-state index in [1.54, 1.807) is 0 Å². The second kappa shape index (κ2) is 1.88. The number of hydrogen-bond acceptors (Lipinski definition) is 3. The molecule has 4 atom stereocenters. The molecule has 0 radical (unpaired) electrons. The molecule has 1 amide bonds. The molecule has 4 nitrogen and oxygen atoms in total. The van der Waals surface area contributed by atoms with Crippen LogP contribution in [0.4, 0.5) is 0 Å². The van der Waals surface area contributed by atoms with Gasteiger partial charge in [-0.2, -0.15) is 0 Å². The lowest BCUT2D eigenvalue weighted by Gasteiger charge is -2.53. The average molecular weight is 282 g/mol. The van der Waals surface area contributed by atoms with Gasteiger partial charge in [-0.05, 0) is 34.3 Å². The zero-order chi connectivity index (χ0) is 10.9. The van der Waals surface area contributed by atoms with Gasteiger partial charge in [-0.25, -0.2) is 5.06 Å². The van der Waals surface area contributed by atoms with Crippen LogP contribution in [0.3, 0.4) is 0 Å². The standard InChI is InChI=1S/C11H8BrNO3/c1-4-3-10(4)9(14)13-6-2-5-7(12)8(15-5)11(6,10)16-13/h2,4,6H,3H2,1H3. The fraction of sp³-hybridized carbons (Fsp3) is 0.545. The molecule has 0 aromatic heterocycles. The lowest BCUT2D eigenvalue weighted by molar-refractivity contribution is -0.328. The lowest BCUT2D eigenvalue weighted by atomic mass is 9.74. The smallest absolute Gasteiger partial charge is 0.256 e. The summed E-state index contributed by atoms with van der Waals surface area (Å²) in [5.74, 6) is 2.22. The molecule has 0 N–H and O–H groups in total. The van der Waals surface area contributed by atoms with Crippen molar-refractivity contribution in [2.24, 2.45) is 11.3 Å². The van der Waals surface area contributed by atoms with Gasteiger partial charge >= 0.3 is 0 Å². The van der Waals surface area contributed by atoms with E-state index in [-0.39, 0.29) is 17.4 Å². The quantitative estimate of drug-likeness (QED) is 0.675. The molecule has 1 saturated carbocycles. The molecule has 0 aromatic carbocycles. The first-order chi connectivity index (χ1) is 7.63. The Balaban J connectivity index is 1.82. The Morgan fingerprint density at radius 1 is 1.62 bits per heavy atom. The molecule has 82 valence electrons. The second-order valence-corrected chi connectivity index (χ2v) is 6.05. The number of rotatable bonds is 0. The molecule has 2 aliphatic carbocycles. The summed E-state index contributed by atoms with van der Waals surface area (Å²) in [6.45, 7) is 2.11. The summed E-state index contributed by atoms with van der Waals surface area (Å²) in [7, 11) is 0. The number of amides is 1. The second-order valence-electron chi connectivity index (χ2n) is 5.26. The average Bonchev–Trinajstić information content (AvgIpc) is 2.79. The number of hydrogen-bond donors (Lipinski definition) is 0. The zero-order valence-corrected chi connectivity index (χ0v) is 10.1. The van der Waals surface area contributed by atoms with E-state index in [1.165, 1.54) is 5.06 Å². The van der Waals surface area contributed by atoms with E-state index in [2.05, 4.69) is 22.9 Å². The Labute approximate surface area is 100.0 Å². The van der Waals surface area contributed by atoms with Gasteiger partial charge in [0.05, 0.1) is 5.41 Å². The van der Waals surface area contributed by atoms with Crippen LogP contribution in [-0.4, -0.2) is 22.6 Å². The maximum atomic E-state index is 12.3. The number of halogens is 1. The highest BCUT2D eigenvalue weighted by Crippen LogP contribution is 2.77. The van der Waals surface area contributed by atoms with E-state index < -0.39 is 5.60 Å². The van der Waals surface area contributed by atoms with Crippen molar-refractivity contribution in [3.05, 3.63) is 22.1 Å². The van der Waals surface area contributed by atoms with E-state index in [4.69, 9.17) is 9.57 Å². The van der Waals surface area contributed by atoms with Crippen molar-refractivity contribution in [3.8, 4) is 0 Å². The molecule has 16 heavy (non-hydrogen) atoms. The van der Waals surface area contributed by atoms with Gasteiger partial charge in [0.2, 0.25) is 0 Å². The van der Waals surface area contributed by atoms with E-state index in [1.807, 2.05) is 6.08 Å². The van der Waals surface area contributed by atoms with E-state index in [0.29, 0.717) is 5.92 Å². The molecule has 4 fully saturated rings. The lowest BCUT2D eigenvalue weighted by Crippen LogP contribution is -2.66. The highest BCUT2D eigenvalue weighted by Gasteiger charge is 2.90. The van der Waals surface area contributed by atoms with Crippen LogP contribution in [0.25, 0.3) is 0 Å². The molecule has 2 spiro atoms. The summed E-state index contributed by atoms with van der Waals surface area (Å²) >= 11 is 3.50. The van der Waals surface area contributed by atoms with Crippen LogP contribution in [0.1, 0.15) is 13.3 Å². The fourth-order valence-corrected chi connectivity index (χ4v) is 4.40. The Hall–Kier alpha value is -0.810. The number of ether oxygens (including phenoxy) is 1. The van der Waals surface area contributed by atoms with Crippen molar-refractivity contribution in [1.82, 2.24) is 5.06 Å². The van der Waals surface area contributed by atoms with Gasteiger partial charge in [0.1, 0.15) is 16.3 Å². The van der Waals surface area contributed by atoms with Crippen LogP contribution in [0, 0.1) is 11.3 Å². The third kappa shape index (κ3) is 0.476. The topological polar surface area (TPSA) is 38.8 Å². The van der Waals surface area contributed by atoms with Crippen molar-refractivity contribution in [1.29, 1.82) is 0 Å². The third-order valence-electron chi connectivity index (χ3n) is 4.74. The summed E-state index contributed by atoms with van der Waals surface area (Å²) in [5.41, 5.74) is -0.849. The van der Waals surface area contributed by atoms with Crippen LogP contribution < -0.4 is 0 Å². The van der Waals surface area contributed by atoms with E-state index in [9.17, 15) is 4.79 Å². The van der Waals surface area contributed by atoms with Gasteiger partial charge in [0, 0.05) is 0 Å². The van der Waals surface area contributed by atoms with Crippen LogP contribution in [-0.2, 0) is 14.4 Å². The molecule has 5 heterocycles. The van der Waals surface area contributed by atoms with Crippen LogP contribution in [0.15, 0.2) is 22.1 Å². The van der Waals surface area contributed by atoms with Gasteiger partial charge in [0.25, 0.3) is 5.91 Å². The molecule has 0 aromatic rings. The van der Waals surface area contributed by atoms with Crippen LogP contribution >= 0.6 is 15.9 Å². The summed E-state index contributed by atoms with van der Waals surface area (Å²) in [6.07, 6.45) is 2.91. The molecule has 7 rings (SSSR count). The molecular weight excluding hydrogens is 274 g/mol. The molecule has 3 saturated heterocycles. The SMILES string of the molecule is CC1CC12C(=O)N1OC23C2=C(Br)C(=CC13)O2. The van der Waals surface area contributed by atoms with Crippen molar-refractivity contribution >= 4 is 21.8 Å². The predicted molar refractivity (Wildman–Crippen MR) is 55.8 cm³/mol. The minimum Gasteiger partial charge on any atom is -0.456 e. The monoisotopic (exact) mass is 281 g/mol. The highest BCUT2D eigenvalue weighted by atomic mass is 79.9. The normalized spacial score (nSPS) is 54.2. The van der Waals surface area contributed by atoms with Gasteiger partial charge < -0.3 is 4.74 Å². The van der Waals surface area contributed by atoms with E-state index in [0.717, 1.165) is 22.4 Å². The van der Waals surface area contributed by atoms with Gasteiger partial charge in [-0.3, -0.25) is 9.63 Å². The number of allylic oxidation sites excluding steroid dienone is 1. The Kier molecular flexibility index (Phi) is 0.978. The Morgan fingerprint density at radius 2 is 2.38 bits per heavy atom. The van der Waals surface area contributed by atoms with Crippen LogP contribution in [0.5, 0.6) is 0 Å². The number of nitrogens with zero attached hydrogens (tertiary/aromatic N) is 1. The predicted octanol–water partition coefficient (Wildman–Crippen LogP) is 1.44. The third-order valence-corrected chi connectivity index (χ3v) is 5.49. The first kappa shape index (κ1) is 8.31. The van der Waals surface area contributed by atoms with Crippen LogP contribution in [0.2, 0.25) is 0 Å². The summed E-state index contributed by atoms with van der Waals surface area (Å²) < 4.78 is 6.59. The summed E-state index contributed by atoms with van der Waals surface area (Å²) in [4.78, 5) is 18.0. The summed E-state index contributed by atoms with van der Waals surface area (Å²) in [6, 6.07) is 0.0741. The largest absolute Gasteiger partial charge is 0.456 e. The zero-order valence-electron chi connectivity index (χ0n) is 8.49. The van der Waals surface area contributed by atoms with Gasteiger partial charge in [-0.1, -0.05) is 6.92 Å². The minimum atomic E-state index is -0.510. The Morgan fingerprint density at radius 3 is 3.00 bits per heavy atom. The minimum absolute atomic E-state index is 0.0741. The molecule has 5 heteroatoms.